The van der Waals surface area contributed by atoms with Gasteiger partial charge in [0.25, 0.3) is 5.69 Å². The fourth-order valence-corrected chi connectivity index (χ4v) is 4.04. The minimum absolute atomic E-state index is 0.000577. The lowest BCUT2D eigenvalue weighted by Gasteiger charge is -2.09. The first-order valence-electron chi connectivity index (χ1n) is 8.87. The Kier molecular flexibility index (Phi) is 7.65. The molecular formula is C21H13Cl2F3N2O3S. The number of alkyl halides is 3. The van der Waals surface area contributed by atoms with Crippen LogP contribution in [0.2, 0.25) is 10.0 Å². The first-order valence-corrected chi connectivity index (χ1v) is 10.4. The third-order valence-corrected chi connectivity index (χ3v) is 5.88. The van der Waals surface area contributed by atoms with Gasteiger partial charge in [-0.3, -0.25) is 10.1 Å². The summed E-state index contributed by atoms with van der Waals surface area (Å²) in [7, 11) is 0. The number of oxime groups is 1. The highest BCUT2D eigenvalue weighted by atomic mass is 35.5. The molecule has 0 amide bonds. The standard InChI is InChI=1S/C21H13Cl2F3N2O3S/c22-17-5-2-6-18(23)16(17)12-31-27-11-13-7-8-20(19(9-13)28(29)30)32-15-4-1-3-14(10-15)21(24,25)26/h1-11H,12H2/b27-11-. The van der Waals surface area contributed by atoms with Crippen molar-refractivity contribution in [3.8, 4) is 0 Å². The molecule has 0 saturated heterocycles. The molecule has 5 nitrogen and oxygen atoms in total. The van der Waals surface area contributed by atoms with Crippen LogP contribution in [0.5, 0.6) is 0 Å². The Hall–Kier alpha value is -2.75. The van der Waals surface area contributed by atoms with Crippen molar-refractivity contribution in [1.82, 2.24) is 0 Å². The smallest absolute Gasteiger partial charge is 0.391 e. The van der Waals surface area contributed by atoms with Crippen LogP contribution in [0.4, 0.5) is 18.9 Å². The molecule has 0 saturated carbocycles. The van der Waals surface area contributed by atoms with E-state index >= 15 is 0 Å². The van der Waals surface area contributed by atoms with Crippen LogP contribution in [-0.4, -0.2) is 11.1 Å². The Balaban J connectivity index is 1.75. The Morgan fingerprint density at radius 1 is 1.06 bits per heavy atom. The molecule has 0 fully saturated rings. The van der Waals surface area contributed by atoms with E-state index in [-0.39, 0.29) is 22.1 Å². The molecule has 0 bridgehead atoms. The summed E-state index contributed by atoms with van der Waals surface area (Å²) in [5.41, 5.74) is -0.183. The summed E-state index contributed by atoms with van der Waals surface area (Å²) in [5, 5.41) is 16.1. The molecule has 3 aromatic carbocycles. The highest BCUT2D eigenvalue weighted by Gasteiger charge is 2.30. The molecule has 0 aliphatic carbocycles. The van der Waals surface area contributed by atoms with Crippen molar-refractivity contribution >= 4 is 46.9 Å². The second-order valence-electron chi connectivity index (χ2n) is 6.32. The van der Waals surface area contributed by atoms with Crippen LogP contribution in [0.1, 0.15) is 16.7 Å². The summed E-state index contributed by atoms with van der Waals surface area (Å²) in [6.45, 7) is 0.000577. The summed E-state index contributed by atoms with van der Waals surface area (Å²) in [4.78, 5) is 16.5. The van der Waals surface area contributed by atoms with Crippen molar-refractivity contribution < 1.29 is 22.9 Å². The number of nitrogens with zero attached hydrogens (tertiary/aromatic N) is 2. The predicted octanol–water partition coefficient (Wildman–Crippen LogP) is 7.62. The maximum absolute atomic E-state index is 12.9. The van der Waals surface area contributed by atoms with Gasteiger partial charge in [0.1, 0.15) is 6.61 Å². The quantitative estimate of drug-likeness (QED) is 0.190. The molecule has 0 atom stereocenters. The van der Waals surface area contributed by atoms with E-state index in [1.165, 1.54) is 36.5 Å². The number of halogens is 5. The molecule has 0 aromatic heterocycles. The molecule has 11 heteroatoms. The highest BCUT2D eigenvalue weighted by molar-refractivity contribution is 7.99. The van der Waals surface area contributed by atoms with Crippen molar-refractivity contribution in [2.24, 2.45) is 5.16 Å². The van der Waals surface area contributed by atoms with Crippen LogP contribution in [0.25, 0.3) is 0 Å². The van der Waals surface area contributed by atoms with E-state index in [2.05, 4.69) is 5.16 Å². The van der Waals surface area contributed by atoms with Gasteiger partial charge in [0.05, 0.1) is 21.6 Å². The summed E-state index contributed by atoms with van der Waals surface area (Å²) >= 11 is 13.0. The van der Waals surface area contributed by atoms with Gasteiger partial charge in [0, 0.05) is 32.1 Å². The third kappa shape index (κ3) is 6.15. The maximum atomic E-state index is 12.9. The van der Waals surface area contributed by atoms with Gasteiger partial charge < -0.3 is 4.84 Å². The molecule has 3 rings (SSSR count). The van der Waals surface area contributed by atoms with Crippen LogP contribution in [0, 0.1) is 10.1 Å². The van der Waals surface area contributed by atoms with E-state index in [9.17, 15) is 23.3 Å². The Morgan fingerprint density at radius 3 is 2.41 bits per heavy atom. The minimum atomic E-state index is -4.50. The first kappa shape index (κ1) is 23.9. The molecule has 0 aliphatic heterocycles. The van der Waals surface area contributed by atoms with E-state index in [1.54, 1.807) is 18.2 Å². The maximum Gasteiger partial charge on any atom is 0.416 e. The molecular weight excluding hydrogens is 488 g/mol. The number of hydrogen-bond acceptors (Lipinski definition) is 5. The van der Waals surface area contributed by atoms with Crippen molar-refractivity contribution in [3.63, 3.8) is 0 Å². The molecule has 0 heterocycles. The third-order valence-electron chi connectivity index (χ3n) is 4.12. The molecule has 0 N–H and O–H groups in total. The van der Waals surface area contributed by atoms with Gasteiger partial charge in [-0.15, -0.1) is 0 Å². The topological polar surface area (TPSA) is 64.7 Å². The zero-order valence-corrected chi connectivity index (χ0v) is 18.3. The summed E-state index contributed by atoms with van der Waals surface area (Å²) < 4.78 is 38.7. The van der Waals surface area contributed by atoms with Crippen LogP contribution in [-0.2, 0) is 17.6 Å². The fraction of sp³-hybridized carbons (Fsp3) is 0.0952. The fourth-order valence-electron chi connectivity index (χ4n) is 2.58. The molecule has 0 aliphatic rings. The van der Waals surface area contributed by atoms with E-state index in [4.69, 9.17) is 28.0 Å². The van der Waals surface area contributed by atoms with Gasteiger partial charge >= 0.3 is 6.18 Å². The van der Waals surface area contributed by atoms with Gasteiger partial charge in [-0.05, 0) is 36.4 Å². The van der Waals surface area contributed by atoms with Gasteiger partial charge in [0.2, 0.25) is 0 Å². The largest absolute Gasteiger partial charge is 0.416 e. The van der Waals surface area contributed by atoms with E-state index in [1.807, 2.05) is 0 Å². The number of benzene rings is 3. The summed E-state index contributed by atoms with van der Waals surface area (Å²) in [6, 6.07) is 13.8. The van der Waals surface area contributed by atoms with Crippen molar-refractivity contribution in [2.75, 3.05) is 0 Å². The number of nitro groups is 1. The molecule has 0 radical (unpaired) electrons. The van der Waals surface area contributed by atoms with Crippen LogP contribution in [0.15, 0.2) is 75.6 Å². The second-order valence-corrected chi connectivity index (χ2v) is 8.25. The Bertz CT molecular complexity index is 1150. The monoisotopic (exact) mass is 500 g/mol. The summed E-state index contributed by atoms with van der Waals surface area (Å²) in [6.07, 6.45) is -3.23. The molecule has 3 aromatic rings. The van der Waals surface area contributed by atoms with Crippen molar-refractivity contribution in [2.45, 2.75) is 22.6 Å². The van der Waals surface area contributed by atoms with Crippen LogP contribution >= 0.6 is 35.0 Å². The lowest BCUT2D eigenvalue weighted by atomic mass is 10.2. The number of nitro benzene ring substituents is 1. The zero-order chi connectivity index (χ0) is 23.3. The minimum Gasteiger partial charge on any atom is -0.391 e. The van der Waals surface area contributed by atoms with Gasteiger partial charge in [0.15, 0.2) is 0 Å². The van der Waals surface area contributed by atoms with E-state index < -0.39 is 16.7 Å². The summed E-state index contributed by atoms with van der Waals surface area (Å²) in [5.74, 6) is 0. The van der Waals surface area contributed by atoms with Crippen LogP contribution in [0.3, 0.4) is 0 Å². The van der Waals surface area contributed by atoms with Crippen LogP contribution < -0.4 is 0 Å². The second kappa shape index (κ2) is 10.2. The zero-order valence-electron chi connectivity index (χ0n) is 16.0. The molecule has 0 spiro atoms. The van der Waals surface area contributed by atoms with E-state index in [0.29, 0.717) is 21.2 Å². The Morgan fingerprint density at radius 2 is 1.75 bits per heavy atom. The lowest BCUT2D eigenvalue weighted by Crippen LogP contribution is -2.04. The predicted molar refractivity (Wildman–Crippen MR) is 118 cm³/mol. The first-order chi connectivity index (χ1) is 15.1. The van der Waals surface area contributed by atoms with E-state index in [0.717, 1.165) is 23.9 Å². The Labute approximate surface area is 194 Å². The molecule has 166 valence electrons. The SMILES string of the molecule is O=[N+]([O-])c1cc(/C=N\OCc2c(Cl)cccc2Cl)ccc1Sc1cccc(C(F)(F)F)c1. The van der Waals surface area contributed by atoms with Gasteiger partial charge in [-0.25, -0.2) is 0 Å². The molecule has 0 unspecified atom stereocenters. The average Bonchev–Trinajstić information content (AvgIpc) is 2.73. The normalized spacial score (nSPS) is 11.7. The van der Waals surface area contributed by atoms with Crippen molar-refractivity contribution in [1.29, 1.82) is 0 Å². The highest BCUT2D eigenvalue weighted by Crippen LogP contribution is 2.38. The number of rotatable bonds is 7. The number of hydrogen-bond donors (Lipinski definition) is 0. The molecule has 32 heavy (non-hydrogen) atoms. The lowest BCUT2D eigenvalue weighted by molar-refractivity contribution is -0.387. The van der Waals surface area contributed by atoms with Crippen molar-refractivity contribution in [3.05, 3.63) is 97.5 Å². The van der Waals surface area contributed by atoms with Gasteiger partial charge in [-0.1, -0.05) is 58.3 Å². The van der Waals surface area contributed by atoms with Gasteiger partial charge in [-0.2, -0.15) is 13.2 Å². The average molecular weight is 501 g/mol.